The summed E-state index contributed by atoms with van der Waals surface area (Å²) in [5.41, 5.74) is -3.55. The van der Waals surface area contributed by atoms with Gasteiger partial charge in [0.15, 0.2) is 26.5 Å². The van der Waals surface area contributed by atoms with E-state index in [1.54, 1.807) is 52.0 Å². The molecule has 3 aliphatic heterocycles. The van der Waals surface area contributed by atoms with E-state index < -0.39 is 90.9 Å². The minimum atomic E-state index is -5.27. The molecule has 9 saturated carbocycles. The van der Waals surface area contributed by atoms with Gasteiger partial charge in [0.05, 0.1) is 73.1 Å². The van der Waals surface area contributed by atoms with Crippen LogP contribution in [0.5, 0.6) is 23.0 Å². The van der Waals surface area contributed by atoms with E-state index in [1.165, 1.54) is 70.3 Å². The van der Waals surface area contributed by atoms with Crippen LogP contribution in [0.2, 0.25) is 0 Å². The Morgan fingerprint density at radius 3 is 1.59 bits per heavy atom. The minimum Gasteiger partial charge on any atom is -0.748 e. The van der Waals surface area contributed by atoms with Gasteiger partial charge in [0.25, 0.3) is 0 Å². The van der Waals surface area contributed by atoms with Crippen molar-refractivity contribution in [1.82, 2.24) is 0 Å². The van der Waals surface area contributed by atoms with E-state index in [1.807, 2.05) is 83.1 Å². The number of aromatic hydroxyl groups is 1. The monoisotopic (exact) mass is 1890 g/mol. The quantitative estimate of drug-likeness (QED) is 0.0147. The Bertz CT molecular complexity index is 5260. The largest absolute Gasteiger partial charge is 0.748 e. The molecular weight excluding hydrogens is 1750 g/mol. The summed E-state index contributed by atoms with van der Waals surface area (Å²) in [5.74, 6) is 1.85. The Morgan fingerprint density at radius 1 is 0.579 bits per heavy atom. The van der Waals surface area contributed by atoms with Crippen molar-refractivity contribution in [1.29, 1.82) is 0 Å². The van der Waals surface area contributed by atoms with Gasteiger partial charge in [-0.15, -0.1) is 0 Å². The Morgan fingerprint density at radius 2 is 1.08 bits per heavy atom. The number of esters is 8. The van der Waals surface area contributed by atoms with Crippen LogP contribution in [0, 0.1) is 99.6 Å². The van der Waals surface area contributed by atoms with E-state index in [0.717, 1.165) is 87.4 Å². The van der Waals surface area contributed by atoms with Crippen molar-refractivity contribution >= 4 is 88.5 Å². The molecule has 10 bridgehead atoms. The molecule has 730 valence electrons. The minimum absolute atomic E-state index is 0.00100. The number of halogens is 3. The lowest BCUT2D eigenvalue weighted by molar-refractivity contribution is -0.239. The van der Waals surface area contributed by atoms with Crippen molar-refractivity contribution in [2.24, 2.45) is 85.8 Å². The number of hydrogen-bond acceptors (Lipinski definition) is 22. The molecule has 12 fully saturated rings. The van der Waals surface area contributed by atoms with Gasteiger partial charge in [-0.05, 0) is 338 Å². The van der Waals surface area contributed by atoms with E-state index in [4.69, 9.17) is 42.6 Å². The number of aryl methyl sites for hydroxylation is 2. The molecule has 133 heavy (non-hydrogen) atoms. The number of benzene rings is 5. The molecule has 15 unspecified atom stereocenters. The standard InChI is InChI=1S/C21H30O5.C20H29F3O7S.C20H32O2.C18H13S.C14H20O3.C13H18O5/c1-6-20(2,3)19(23)25-16-12-15(18(22)24-5)13-17(14-16)26-21(4)10-8-7-9-11-21;1-4-17(2,3)15(24)30-19-8-12-5-13(9-19)7-18(6-12,11-19)16(25)29-14(20(21,22)23)10-31(26,27)28;1-5-19(3,4)18(21)22-20(6-2)11-14-10-15(20)17-13-8-7-12(9-13)16(14)17;1-2-8-14(9-3-1)19-17-12-6-4-10-15(17)16-11-5-7-13-18(16)19;1-6-14(4,5)13(16)17-11-7-9(2)12(15)10(3)8-11;1-4-13(2,3)12(15)18-9-7-5-6-8(16-7)10(9)17-11(6)14/h12-14H,6-11H2,1-5H3;12-14H,4-11H2,1-3H3,(H,26,27,28);12-17H,5-11H2,1-4H3;1-13H;7-8,15H,6H2,1-5H3;6-10H,4-5H2,1-3H3/q;;;+1;;/p-1. The van der Waals surface area contributed by atoms with Crippen molar-refractivity contribution in [3.8, 4) is 27.9 Å². The highest BCUT2D eigenvalue weighted by Gasteiger charge is 2.70. The number of hydrogen-bond donors (Lipinski definition) is 1. The van der Waals surface area contributed by atoms with E-state index in [0.29, 0.717) is 91.2 Å². The van der Waals surface area contributed by atoms with E-state index in [2.05, 4.69) is 104 Å². The summed E-state index contributed by atoms with van der Waals surface area (Å²) in [7, 11) is -3.89. The van der Waals surface area contributed by atoms with Gasteiger partial charge in [0.1, 0.15) is 45.9 Å². The van der Waals surface area contributed by atoms with Crippen molar-refractivity contribution < 1.29 is 117 Å². The van der Waals surface area contributed by atoms with E-state index in [9.17, 15) is 69.6 Å². The molecule has 15 atom stereocenters. The zero-order valence-electron chi connectivity index (χ0n) is 81.4. The number of fused-ring (bicyclic) bond motifs is 13. The predicted molar refractivity (Wildman–Crippen MR) is 500 cm³/mol. The van der Waals surface area contributed by atoms with Crippen LogP contribution in [-0.2, 0) is 76.8 Å². The normalized spacial score (nSPS) is 27.8. The van der Waals surface area contributed by atoms with Gasteiger partial charge >= 0.3 is 53.9 Å². The molecule has 3 saturated heterocycles. The number of thiophene rings is 1. The zero-order valence-corrected chi connectivity index (χ0v) is 83.0. The first kappa shape index (κ1) is 103. The second-order valence-electron chi connectivity index (χ2n) is 43.1. The van der Waals surface area contributed by atoms with Gasteiger partial charge in [0, 0.05) is 39.6 Å². The summed E-state index contributed by atoms with van der Waals surface area (Å²) in [5, 5.41) is 12.4. The second-order valence-corrected chi connectivity index (χ2v) is 46.5. The molecule has 9 aliphatic carbocycles. The molecule has 1 N–H and O–H groups in total. The smallest absolute Gasteiger partial charge is 0.426 e. The van der Waals surface area contributed by atoms with Crippen LogP contribution in [-0.4, -0.2) is 132 Å². The zero-order chi connectivity index (χ0) is 97.5. The number of ether oxygens (including phenoxy) is 10. The van der Waals surface area contributed by atoms with E-state index in [-0.39, 0.29) is 99.1 Å². The van der Waals surface area contributed by atoms with Crippen LogP contribution in [0.4, 0.5) is 13.2 Å². The first-order valence-electron chi connectivity index (χ1n) is 48.2. The van der Waals surface area contributed by atoms with Crippen molar-refractivity contribution in [3.63, 3.8) is 0 Å². The number of rotatable bonds is 24. The molecule has 18 rings (SSSR count). The highest BCUT2D eigenvalue weighted by atomic mass is 32.2. The summed E-state index contributed by atoms with van der Waals surface area (Å²) in [4.78, 5) is 99.7. The summed E-state index contributed by atoms with van der Waals surface area (Å²) >= 11 is 0. The number of methoxy groups -OCH3 is 1. The molecule has 4 heterocycles. The molecule has 0 spiro atoms. The van der Waals surface area contributed by atoms with Crippen LogP contribution in [0.3, 0.4) is 0 Å². The van der Waals surface area contributed by atoms with Gasteiger partial charge in [-0.25, -0.2) is 13.2 Å². The van der Waals surface area contributed by atoms with E-state index >= 15 is 0 Å². The van der Waals surface area contributed by atoms with Crippen LogP contribution >= 0.6 is 10.5 Å². The van der Waals surface area contributed by atoms with Crippen molar-refractivity contribution in [3.05, 3.63) is 126 Å². The first-order chi connectivity index (χ1) is 62.3. The Kier molecular flexibility index (Phi) is 31.2. The van der Waals surface area contributed by atoms with Gasteiger partial charge in [0.2, 0.25) is 6.10 Å². The van der Waals surface area contributed by atoms with Crippen LogP contribution < -0.4 is 14.2 Å². The molecule has 27 heteroatoms. The number of carbonyl (C=O) groups excluding carboxylic acids is 8. The molecule has 1 aromatic heterocycles. The third-order valence-corrected chi connectivity index (χ3v) is 34.7. The average molecular weight is 1890 g/mol. The second kappa shape index (κ2) is 40.2. The lowest BCUT2D eigenvalue weighted by atomic mass is 9.48. The summed E-state index contributed by atoms with van der Waals surface area (Å²) < 4.78 is 131. The highest BCUT2D eigenvalue weighted by molar-refractivity contribution is 7.85. The van der Waals surface area contributed by atoms with Crippen LogP contribution in [0.25, 0.3) is 25.1 Å². The highest BCUT2D eigenvalue weighted by Crippen LogP contribution is 2.71. The fourth-order valence-corrected chi connectivity index (χ4v) is 25.3. The average Bonchev–Trinajstić information content (AvgIpc) is 1.60. The van der Waals surface area contributed by atoms with Crippen molar-refractivity contribution in [2.45, 2.75) is 333 Å². The lowest BCUT2D eigenvalue weighted by Crippen LogP contribution is -2.61. The van der Waals surface area contributed by atoms with Crippen LogP contribution in [0.15, 0.2) is 109 Å². The number of alkyl halides is 3. The summed E-state index contributed by atoms with van der Waals surface area (Å²) in [6, 6.07) is 36.6. The maximum atomic E-state index is 13.3. The lowest BCUT2D eigenvalue weighted by Gasteiger charge is -2.60. The Balaban J connectivity index is 0.000000146. The molecule has 0 amide bonds. The SMILES string of the molecule is CCC(C)(C)C(=O)OC1(CC)CC2CC1C1C3CCC(C3)C21.CCC(C)(C)C(=O)OC12CC3CC(C1)CC(C(=O)OC(CS(=O)(=O)[O-])C(F)(F)F)(C3)C2.CCC(C)(C)C(=O)OC1C2CC3C(=O)OC1C3O2.CCC(C)(C)C(=O)Oc1cc(C)c(O)c(C)c1.CCC(C)(C)C(=O)Oc1cc(OC2(C)CCCCC2)cc(C(=O)OC)c1.c1ccc(-[s+]2c3ccccc3c3ccccc32)cc1. The van der Waals surface area contributed by atoms with Gasteiger partial charge in [-0.2, -0.15) is 13.2 Å². The molecule has 0 radical (unpaired) electrons. The number of phenols is 1. The fourth-order valence-electron chi connectivity index (χ4n) is 22.2. The number of phenolic OH excluding ortho intramolecular Hbond substituents is 1. The predicted octanol–water partition coefficient (Wildman–Crippen LogP) is 23.2. The molecule has 22 nitrogen and oxygen atoms in total. The fraction of sp³-hybridized carbons (Fsp3) is 0.642. The van der Waals surface area contributed by atoms with Gasteiger partial charge in [-0.3, -0.25) is 33.6 Å². The maximum Gasteiger partial charge on any atom is 0.426 e. The van der Waals surface area contributed by atoms with Crippen LogP contribution in [0.1, 0.15) is 287 Å². The topological polar surface area (TPSA) is 306 Å². The Hall–Kier alpha value is -8.66. The maximum absolute atomic E-state index is 13.3. The third kappa shape index (κ3) is 22.6. The molecule has 6 aromatic rings. The summed E-state index contributed by atoms with van der Waals surface area (Å²) in [6.45, 7) is 36.3. The Labute approximate surface area is 786 Å². The molecule has 12 aliphatic rings. The third-order valence-electron chi connectivity index (χ3n) is 31.7. The number of carbonyl (C=O) groups is 8. The molecule has 5 aromatic carbocycles. The van der Waals surface area contributed by atoms with Gasteiger partial charge < -0.3 is 57.0 Å². The van der Waals surface area contributed by atoms with Crippen molar-refractivity contribution in [2.75, 3.05) is 12.9 Å². The first-order valence-corrected chi connectivity index (χ1v) is 51.0. The van der Waals surface area contributed by atoms with Gasteiger partial charge in [-0.1, -0.05) is 90.4 Å². The summed E-state index contributed by atoms with van der Waals surface area (Å²) in [6.07, 6.45) is 10.6. The molecular formula is C106H141F3O22S2.